The summed E-state index contributed by atoms with van der Waals surface area (Å²) in [6.45, 7) is 5.11. The number of hydrogen-bond acceptors (Lipinski definition) is 7. The van der Waals surface area contributed by atoms with E-state index in [1.807, 2.05) is 0 Å². The van der Waals surface area contributed by atoms with Crippen molar-refractivity contribution >= 4 is 22.1 Å². The van der Waals surface area contributed by atoms with Gasteiger partial charge in [-0.05, 0) is 37.6 Å². The molecule has 1 fully saturated rings. The van der Waals surface area contributed by atoms with Gasteiger partial charge in [-0.1, -0.05) is 17.3 Å². The third-order valence-electron chi connectivity index (χ3n) is 4.44. The van der Waals surface area contributed by atoms with Crippen molar-refractivity contribution in [1.82, 2.24) is 9.46 Å². The highest BCUT2D eigenvalue weighted by Crippen LogP contribution is 2.18. The van der Waals surface area contributed by atoms with Crippen molar-refractivity contribution in [2.75, 3.05) is 26.3 Å². The molecule has 0 amide bonds. The first-order valence-electron chi connectivity index (χ1n) is 8.82. The molecule has 1 aromatic heterocycles. The van der Waals surface area contributed by atoms with E-state index >= 15 is 0 Å². The Hall–Kier alpha value is -2.49. The van der Waals surface area contributed by atoms with E-state index < -0.39 is 16.0 Å². The molecule has 2 aromatic rings. The molecule has 2 heterocycles. The summed E-state index contributed by atoms with van der Waals surface area (Å²) < 4.78 is 42.0. The Morgan fingerprint density at radius 2 is 1.89 bits per heavy atom. The molecule has 28 heavy (non-hydrogen) atoms. The maximum atomic E-state index is 12.6. The van der Waals surface area contributed by atoms with E-state index in [4.69, 9.17) is 14.0 Å². The summed E-state index contributed by atoms with van der Waals surface area (Å²) in [5, 5.41) is 3.81. The van der Waals surface area contributed by atoms with Crippen molar-refractivity contribution in [2.24, 2.45) is 0 Å². The molecule has 0 aliphatic carbocycles. The van der Waals surface area contributed by atoms with Crippen molar-refractivity contribution in [3.05, 3.63) is 52.9 Å². The second kappa shape index (κ2) is 8.68. The number of aryl methyl sites for hydroxylation is 2. The van der Waals surface area contributed by atoms with Gasteiger partial charge in [-0.3, -0.25) is 0 Å². The summed E-state index contributed by atoms with van der Waals surface area (Å²) in [6, 6.07) is 6.34. The number of benzene rings is 1. The summed E-state index contributed by atoms with van der Waals surface area (Å²) in [5.74, 6) is 0.108. The van der Waals surface area contributed by atoms with E-state index in [0.29, 0.717) is 43.3 Å². The number of ether oxygens (including phenoxy) is 2. The van der Waals surface area contributed by atoms with Crippen LogP contribution in [0.25, 0.3) is 6.08 Å². The van der Waals surface area contributed by atoms with Crippen LogP contribution in [0.1, 0.15) is 22.6 Å². The van der Waals surface area contributed by atoms with Gasteiger partial charge in [-0.15, -0.1) is 0 Å². The lowest BCUT2D eigenvalue weighted by molar-refractivity contribution is -0.138. The van der Waals surface area contributed by atoms with E-state index in [-0.39, 0.29) is 11.5 Å². The van der Waals surface area contributed by atoms with Crippen LogP contribution in [0.5, 0.6) is 0 Å². The van der Waals surface area contributed by atoms with Gasteiger partial charge in [0, 0.05) is 19.2 Å². The predicted octanol–water partition coefficient (Wildman–Crippen LogP) is 2.07. The molecule has 1 aliphatic rings. The van der Waals surface area contributed by atoms with Crippen molar-refractivity contribution in [2.45, 2.75) is 25.3 Å². The molecule has 0 atom stereocenters. The summed E-state index contributed by atoms with van der Waals surface area (Å²) in [6.07, 6.45) is 2.87. The Morgan fingerprint density at radius 3 is 2.50 bits per heavy atom. The molecule has 9 heteroatoms. The Balaban J connectivity index is 1.59. The Kier molecular flexibility index (Phi) is 6.28. The monoisotopic (exact) mass is 406 g/mol. The Morgan fingerprint density at radius 1 is 1.21 bits per heavy atom. The molecule has 150 valence electrons. The topological polar surface area (TPSA) is 98.9 Å². The third kappa shape index (κ3) is 4.67. The number of sulfonamides is 1. The highest BCUT2D eigenvalue weighted by molar-refractivity contribution is 7.89. The van der Waals surface area contributed by atoms with Crippen LogP contribution in [0, 0.1) is 13.8 Å². The summed E-state index contributed by atoms with van der Waals surface area (Å²) in [5.41, 5.74) is 2.13. The van der Waals surface area contributed by atoms with E-state index in [0.717, 1.165) is 5.56 Å². The summed E-state index contributed by atoms with van der Waals surface area (Å²) in [7, 11) is -3.53. The fourth-order valence-electron chi connectivity index (χ4n) is 2.75. The number of rotatable bonds is 6. The molecule has 1 saturated heterocycles. The van der Waals surface area contributed by atoms with Gasteiger partial charge in [-0.2, -0.15) is 4.31 Å². The molecule has 1 aromatic carbocycles. The lowest BCUT2D eigenvalue weighted by Crippen LogP contribution is -2.40. The lowest BCUT2D eigenvalue weighted by Gasteiger charge is -2.26. The fraction of sp³-hybridized carbons (Fsp3) is 0.368. The van der Waals surface area contributed by atoms with Crippen molar-refractivity contribution in [3.63, 3.8) is 0 Å². The van der Waals surface area contributed by atoms with Gasteiger partial charge in [0.1, 0.15) is 12.4 Å². The second-order valence-electron chi connectivity index (χ2n) is 6.33. The average molecular weight is 406 g/mol. The van der Waals surface area contributed by atoms with E-state index in [1.54, 1.807) is 32.1 Å². The van der Waals surface area contributed by atoms with Crippen LogP contribution in [0.2, 0.25) is 0 Å². The minimum absolute atomic E-state index is 0.0844. The zero-order chi connectivity index (χ0) is 20.1. The van der Waals surface area contributed by atoms with Crippen LogP contribution in [-0.4, -0.2) is 50.2 Å². The molecule has 0 N–H and O–H groups in total. The van der Waals surface area contributed by atoms with Gasteiger partial charge in [0.05, 0.1) is 29.4 Å². The highest BCUT2D eigenvalue weighted by Gasteiger charge is 2.25. The van der Waals surface area contributed by atoms with Gasteiger partial charge in [0.25, 0.3) is 0 Å². The normalized spacial score (nSPS) is 15.8. The zero-order valence-corrected chi connectivity index (χ0v) is 16.6. The smallest absolute Gasteiger partial charge is 0.331 e. The molecule has 8 nitrogen and oxygen atoms in total. The van der Waals surface area contributed by atoms with Gasteiger partial charge < -0.3 is 14.0 Å². The first-order chi connectivity index (χ1) is 13.4. The number of hydrogen-bond donors (Lipinski definition) is 0. The number of morpholine rings is 1. The number of nitrogens with zero attached hydrogens (tertiary/aromatic N) is 2. The van der Waals surface area contributed by atoms with Crippen molar-refractivity contribution in [1.29, 1.82) is 0 Å². The molecule has 0 spiro atoms. The first-order valence-corrected chi connectivity index (χ1v) is 10.3. The largest absolute Gasteiger partial charge is 0.457 e. The number of carbonyl (C=O) groups excluding carboxylic acids is 1. The standard InChI is InChI=1S/C19H22N2O6S/c1-14-18(15(2)27-20-14)13-26-19(22)8-5-16-3-6-17(7-4-16)28(23,24)21-9-11-25-12-10-21/h3-8H,9-13H2,1-2H3/b8-5+. The summed E-state index contributed by atoms with van der Waals surface area (Å²) >= 11 is 0. The molecular formula is C19H22N2O6S. The first kappa shape index (κ1) is 20.2. The van der Waals surface area contributed by atoms with Gasteiger partial charge in [0.15, 0.2) is 0 Å². The van der Waals surface area contributed by atoms with Crippen molar-refractivity contribution < 1.29 is 27.2 Å². The van der Waals surface area contributed by atoms with Gasteiger partial charge >= 0.3 is 5.97 Å². The van der Waals surface area contributed by atoms with Crippen LogP contribution in [-0.2, 0) is 30.9 Å². The van der Waals surface area contributed by atoms with Crippen LogP contribution >= 0.6 is 0 Å². The zero-order valence-electron chi connectivity index (χ0n) is 15.8. The molecule has 1 aliphatic heterocycles. The Bertz CT molecular complexity index is 937. The van der Waals surface area contributed by atoms with E-state index in [9.17, 15) is 13.2 Å². The summed E-state index contributed by atoms with van der Waals surface area (Å²) in [4.78, 5) is 12.1. The second-order valence-corrected chi connectivity index (χ2v) is 8.27. The maximum absolute atomic E-state index is 12.6. The van der Waals surface area contributed by atoms with Gasteiger partial charge in [0.2, 0.25) is 10.0 Å². The van der Waals surface area contributed by atoms with Gasteiger partial charge in [-0.25, -0.2) is 13.2 Å². The fourth-order valence-corrected chi connectivity index (χ4v) is 4.16. The third-order valence-corrected chi connectivity index (χ3v) is 6.35. The SMILES string of the molecule is Cc1noc(C)c1COC(=O)/C=C/c1ccc(S(=O)(=O)N2CCOCC2)cc1. The average Bonchev–Trinajstić information content (AvgIpc) is 3.03. The number of aromatic nitrogens is 1. The minimum atomic E-state index is -3.53. The lowest BCUT2D eigenvalue weighted by atomic mass is 10.2. The highest BCUT2D eigenvalue weighted by atomic mass is 32.2. The molecule has 0 unspecified atom stereocenters. The maximum Gasteiger partial charge on any atom is 0.331 e. The molecule has 0 saturated carbocycles. The van der Waals surface area contributed by atoms with Crippen LogP contribution in [0.15, 0.2) is 39.8 Å². The number of carbonyl (C=O) groups is 1. The Labute approximate surface area is 163 Å². The van der Waals surface area contributed by atoms with Crippen molar-refractivity contribution in [3.8, 4) is 0 Å². The number of esters is 1. The van der Waals surface area contributed by atoms with E-state index in [1.165, 1.54) is 22.5 Å². The predicted molar refractivity (Wildman–Crippen MR) is 101 cm³/mol. The minimum Gasteiger partial charge on any atom is -0.457 e. The molecule has 0 bridgehead atoms. The van der Waals surface area contributed by atoms with E-state index in [2.05, 4.69) is 5.16 Å². The molecule has 0 radical (unpaired) electrons. The van der Waals surface area contributed by atoms with Crippen LogP contribution in [0.3, 0.4) is 0 Å². The molecule has 3 rings (SSSR count). The van der Waals surface area contributed by atoms with Crippen LogP contribution < -0.4 is 0 Å². The quantitative estimate of drug-likeness (QED) is 0.535. The molecular weight excluding hydrogens is 384 g/mol. The van der Waals surface area contributed by atoms with Crippen LogP contribution in [0.4, 0.5) is 0 Å².